The third-order valence-electron chi connectivity index (χ3n) is 3.12. The van der Waals surface area contributed by atoms with E-state index >= 15 is 0 Å². The highest BCUT2D eigenvalue weighted by molar-refractivity contribution is 7.89. The molecule has 0 saturated carbocycles. The van der Waals surface area contributed by atoms with Crippen LogP contribution in [0.2, 0.25) is 0 Å². The molecule has 0 bridgehead atoms. The van der Waals surface area contributed by atoms with Gasteiger partial charge < -0.3 is 10.2 Å². The maximum Gasteiger partial charge on any atom is 0.325 e. The summed E-state index contributed by atoms with van der Waals surface area (Å²) in [5, 5.41) is 21.7. The lowest BCUT2D eigenvalue weighted by molar-refractivity contribution is -0.137. The standard InChI is InChI=1S/C12H21N3O5S/c1-4-14(6-5-7-16)21(19,20)12-9(2)13-15(10(12)3)8-11(17)18/h16H,4-8H2,1-3H3,(H,17,18). The second-order valence-corrected chi connectivity index (χ2v) is 6.50. The Bertz CT molecular complexity index is 609. The Labute approximate surface area is 124 Å². The molecule has 21 heavy (non-hydrogen) atoms. The smallest absolute Gasteiger partial charge is 0.325 e. The third-order valence-corrected chi connectivity index (χ3v) is 5.34. The fourth-order valence-corrected chi connectivity index (χ4v) is 4.02. The summed E-state index contributed by atoms with van der Waals surface area (Å²) in [4.78, 5) is 10.8. The summed E-state index contributed by atoms with van der Waals surface area (Å²) in [6.07, 6.45) is 0.342. The predicted molar refractivity (Wildman–Crippen MR) is 75.5 cm³/mol. The molecule has 0 spiro atoms. The summed E-state index contributed by atoms with van der Waals surface area (Å²) in [5.41, 5.74) is 0.577. The highest BCUT2D eigenvalue weighted by atomic mass is 32.2. The molecule has 1 aromatic heterocycles. The molecule has 0 aromatic carbocycles. The van der Waals surface area contributed by atoms with E-state index in [1.54, 1.807) is 6.92 Å². The monoisotopic (exact) mass is 319 g/mol. The molecular formula is C12H21N3O5S. The molecule has 0 unspecified atom stereocenters. The van der Waals surface area contributed by atoms with Crippen molar-refractivity contribution in [2.45, 2.75) is 38.6 Å². The van der Waals surface area contributed by atoms with Crippen molar-refractivity contribution >= 4 is 16.0 Å². The average Bonchev–Trinajstić information content (AvgIpc) is 2.64. The van der Waals surface area contributed by atoms with Gasteiger partial charge in [-0.1, -0.05) is 6.92 Å². The lowest BCUT2D eigenvalue weighted by Gasteiger charge is -2.20. The molecule has 8 nitrogen and oxygen atoms in total. The molecule has 1 rings (SSSR count). The number of carboxylic acid groups (broad SMARTS) is 1. The first-order valence-corrected chi connectivity index (χ1v) is 8.06. The first-order valence-electron chi connectivity index (χ1n) is 6.62. The molecule has 0 radical (unpaired) electrons. The average molecular weight is 319 g/mol. The van der Waals surface area contributed by atoms with Crippen LogP contribution < -0.4 is 0 Å². The molecule has 1 aromatic rings. The van der Waals surface area contributed by atoms with Gasteiger partial charge in [-0.3, -0.25) is 9.48 Å². The van der Waals surface area contributed by atoms with E-state index in [4.69, 9.17) is 10.2 Å². The van der Waals surface area contributed by atoms with E-state index in [-0.39, 0.29) is 36.8 Å². The van der Waals surface area contributed by atoms with Gasteiger partial charge in [0.15, 0.2) is 0 Å². The molecule has 0 saturated heterocycles. The van der Waals surface area contributed by atoms with E-state index in [1.807, 2.05) is 0 Å². The number of nitrogens with zero attached hydrogens (tertiary/aromatic N) is 3. The van der Waals surface area contributed by atoms with Crippen LogP contribution in [-0.4, -0.2) is 58.4 Å². The molecular weight excluding hydrogens is 298 g/mol. The Balaban J connectivity index is 3.24. The van der Waals surface area contributed by atoms with Crippen LogP contribution >= 0.6 is 0 Å². The number of aromatic nitrogens is 2. The number of sulfonamides is 1. The largest absolute Gasteiger partial charge is 0.480 e. The van der Waals surface area contributed by atoms with Crippen LogP contribution in [0.15, 0.2) is 4.90 Å². The fraction of sp³-hybridized carbons (Fsp3) is 0.667. The van der Waals surface area contributed by atoms with Crippen molar-refractivity contribution < 1.29 is 23.4 Å². The summed E-state index contributed by atoms with van der Waals surface area (Å²) in [5.74, 6) is -1.09. The van der Waals surface area contributed by atoms with Crippen molar-refractivity contribution in [1.29, 1.82) is 0 Å². The van der Waals surface area contributed by atoms with Gasteiger partial charge in [0.1, 0.15) is 11.4 Å². The van der Waals surface area contributed by atoms with Gasteiger partial charge in [0.25, 0.3) is 0 Å². The van der Waals surface area contributed by atoms with Crippen LogP contribution in [0, 0.1) is 13.8 Å². The highest BCUT2D eigenvalue weighted by Crippen LogP contribution is 2.23. The van der Waals surface area contributed by atoms with Gasteiger partial charge in [-0.25, -0.2) is 8.42 Å². The summed E-state index contributed by atoms with van der Waals surface area (Å²) in [6.45, 7) is 4.78. The maximum absolute atomic E-state index is 12.7. The van der Waals surface area contributed by atoms with Gasteiger partial charge in [-0.15, -0.1) is 0 Å². The second-order valence-electron chi connectivity index (χ2n) is 4.63. The molecule has 2 N–H and O–H groups in total. The second kappa shape index (κ2) is 7.01. The van der Waals surface area contributed by atoms with Crippen molar-refractivity contribution in [2.75, 3.05) is 19.7 Å². The van der Waals surface area contributed by atoms with Gasteiger partial charge in [0, 0.05) is 19.7 Å². The van der Waals surface area contributed by atoms with Crippen molar-refractivity contribution in [1.82, 2.24) is 14.1 Å². The van der Waals surface area contributed by atoms with Gasteiger partial charge in [-0.05, 0) is 20.3 Å². The van der Waals surface area contributed by atoms with Gasteiger partial charge in [0.05, 0.1) is 11.4 Å². The molecule has 0 aliphatic rings. The van der Waals surface area contributed by atoms with Crippen LogP contribution in [0.3, 0.4) is 0 Å². The zero-order valence-corrected chi connectivity index (χ0v) is 13.2. The van der Waals surface area contributed by atoms with Crippen molar-refractivity contribution in [3.8, 4) is 0 Å². The molecule has 0 aliphatic heterocycles. The first kappa shape index (κ1) is 17.6. The molecule has 0 fully saturated rings. The van der Waals surface area contributed by atoms with Crippen LogP contribution in [0.4, 0.5) is 0 Å². The van der Waals surface area contributed by atoms with E-state index in [0.717, 1.165) is 0 Å². The van der Waals surface area contributed by atoms with E-state index in [2.05, 4.69) is 5.10 Å². The van der Waals surface area contributed by atoms with Crippen molar-refractivity contribution in [2.24, 2.45) is 0 Å². The fourth-order valence-electron chi connectivity index (χ4n) is 2.16. The van der Waals surface area contributed by atoms with Crippen molar-refractivity contribution in [3.63, 3.8) is 0 Å². The summed E-state index contributed by atoms with van der Waals surface area (Å²) in [6, 6.07) is 0. The number of hydrogen-bond donors (Lipinski definition) is 2. The SMILES string of the molecule is CCN(CCCO)S(=O)(=O)c1c(C)nn(CC(=O)O)c1C. The van der Waals surface area contributed by atoms with Crippen LogP contribution in [0.5, 0.6) is 0 Å². The Morgan fingerprint density at radius 3 is 2.48 bits per heavy atom. The van der Waals surface area contributed by atoms with Crippen LogP contribution in [-0.2, 0) is 21.4 Å². The number of hydrogen-bond acceptors (Lipinski definition) is 5. The zero-order chi connectivity index (χ0) is 16.2. The topological polar surface area (TPSA) is 113 Å². The van der Waals surface area contributed by atoms with Gasteiger partial charge >= 0.3 is 5.97 Å². The number of carboxylic acids is 1. The van der Waals surface area contributed by atoms with E-state index < -0.39 is 16.0 Å². The number of aliphatic hydroxyl groups excluding tert-OH is 1. The Morgan fingerprint density at radius 1 is 1.38 bits per heavy atom. The number of aliphatic carboxylic acids is 1. The first-order chi connectivity index (χ1) is 9.75. The zero-order valence-electron chi connectivity index (χ0n) is 12.4. The van der Waals surface area contributed by atoms with Gasteiger partial charge in [0.2, 0.25) is 10.0 Å². The predicted octanol–water partition coefficient (Wildman–Crippen LogP) is -0.0225. The summed E-state index contributed by atoms with van der Waals surface area (Å²) < 4.78 is 27.7. The normalized spacial score (nSPS) is 12.0. The molecule has 0 amide bonds. The Kier molecular flexibility index (Phi) is 5.87. The molecule has 1 heterocycles. The number of aliphatic hydroxyl groups is 1. The maximum atomic E-state index is 12.7. The Hall–Kier alpha value is -1.45. The van der Waals surface area contributed by atoms with E-state index in [1.165, 1.54) is 22.8 Å². The highest BCUT2D eigenvalue weighted by Gasteiger charge is 2.30. The number of rotatable bonds is 8. The third kappa shape index (κ3) is 3.80. The molecule has 0 aliphatic carbocycles. The minimum absolute atomic E-state index is 0.0449. The number of aryl methyl sites for hydroxylation is 1. The van der Waals surface area contributed by atoms with Crippen LogP contribution in [0.1, 0.15) is 24.7 Å². The molecule has 120 valence electrons. The summed E-state index contributed by atoms with van der Waals surface area (Å²) in [7, 11) is -3.75. The van der Waals surface area contributed by atoms with Crippen molar-refractivity contribution in [3.05, 3.63) is 11.4 Å². The minimum atomic E-state index is -3.75. The van der Waals surface area contributed by atoms with E-state index in [0.29, 0.717) is 12.1 Å². The molecule has 0 atom stereocenters. The lowest BCUT2D eigenvalue weighted by atomic mass is 10.4. The molecule has 9 heteroatoms. The summed E-state index contributed by atoms with van der Waals surface area (Å²) >= 11 is 0. The van der Waals surface area contributed by atoms with Crippen LogP contribution in [0.25, 0.3) is 0 Å². The van der Waals surface area contributed by atoms with E-state index in [9.17, 15) is 13.2 Å². The minimum Gasteiger partial charge on any atom is -0.480 e. The lowest BCUT2D eigenvalue weighted by Crippen LogP contribution is -2.33. The quantitative estimate of drug-likeness (QED) is 0.696. The Morgan fingerprint density at radius 2 is 2.00 bits per heavy atom. The van der Waals surface area contributed by atoms with Gasteiger partial charge in [-0.2, -0.15) is 9.40 Å². The number of carbonyl (C=O) groups is 1.